The molecule has 2 aromatic carbocycles. The van der Waals surface area contributed by atoms with Crippen molar-refractivity contribution < 1.29 is 4.43 Å². The third kappa shape index (κ3) is 6.47. The minimum Gasteiger partial charge on any atom is -0.420 e. The number of benzene rings is 2. The molecule has 0 atom stereocenters. The van der Waals surface area contributed by atoms with Gasteiger partial charge in [-0.3, -0.25) is 0 Å². The summed E-state index contributed by atoms with van der Waals surface area (Å²) in [5.41, 5.74) is 3.48. The van der Waals surface area contributed by atoms with Gasteiger partial charge in [-0.1, -0.05) is 60.7 Å². The molecule has 0 aliphatic heterocycles. The fourth-order valence-corrected chi connectivity index (χ4v) is 3.49. The average molecular weight is 319 g/mol. The highest BCUT2D eigenvalue weighted by atomic mass is 35.5. The molecule has 0 aliphatic carbocycles. The number of aryl methyl sites for hydroxylation is 2. The van der Waals surface area contributed by atoms with E-state index in [9.17, 15) is 0 Å². The van der Waals surface area contributed by atoms with E-state index in [0.717, 1.165) is 25.7 Å². The summed E-state index contributed by atoms with van der Waals surface area (Å²) in [4.78, 5) is 0. The molecule has 0 aliphatic rings. The van der Waals surface area contributed by atoms with Gasteiger partial charge in [-0.2, -0.15) is 0 Å². The molecule has 0 amide bonds. The molecule has 0 heterocycles. The van der Waals surface area contributed by atoms with Crippen LogP contribution in [-0.4, -0.2) is 21.4 Å². The second-order valence-corrected chi connectivity index (χ2v) is 7.48. The standard InChI is InChI=1S/C18H23ClOSi/c19-15-21-20-18(13-11-16-7-3-1-4-8-16)14-12-17-9-5-2-6-10-17/h1-10,18H,11-15,21H2. The van der Waals surface area contributed by atoms with Crippen LogP contribution in [0.15, 0.2) is 60.7 Å². The van der Waals surface area contributed by atoms with Crippen LogP contribution in [0.2, 0.25) is 0 Å². The monoisotopic (exact) mass is 318 g/mol. The molecule has 0 radical (unpaired) electrons. The van der Waals surface area contributed by atoms with Gasteiger partial charge >= 0.3 is 0 Å². The van der Waals surface area contributed by atoms with Crippen LogP contribution in [0.4, 0.5) is 0 Å². The quantitative estimate of drug-likeness (QED) is 0.503. The van der Waals surface area contributed by atoms with Gasteiger partial charge in [0.1, 0.15) is 0 Å². The van der Waals surface area contributed by atoms with Gasteiger partial charge in [0, 0.05) is 11.6 Å². The minimum absolute atomic E-state index is 0.343. The van der Waals surface area contributed by atoms with Crippen molar-refractivity contribution in [3.63, 3.8) is 0 Å². The van der Waals surface area contributed by atoms with E-state index in [1.54, 1.807) is 0 Å². The van der Waals surface area contributed by atoms with Gasteiger partial charge in [-0.05, 0) is 36.8 Å². The van der Waals surface area contributed by atoms with E-state index in [2.05, 4.69) is 60.7 Å². The average Bonchev–Trinajstić information content (AvgIpc) is 2.56. The highest BCUT2D eigenvalue weighted by Gasteiger charge is 2.09. The van der Waals surface area contributed by atoms with Gasteiger partial charge in [-0.15, -0.1) is 11.6 Å². The molecule has 0 aromatic heterocycles. The first-order valence-electron chi connectivity index (χ1n) is 7.64. The van der Waals surface area contributed by atoms with E-state index in [0.29, 0.717) is 11.6 Å². The maximum Gasteiger partial charge on any atom is 0.176 e. The van der Waals surface area contributed by atoms with E-state index >= 15 is 0 Å². The molecule has 0 spiro atoms. The first-order valence-corrected chi connectivity index (χ1v) is 9.75. The number of halogens is 1. The lowest BCUT2D eigenvalue weighted by Gasteiger charge is -2.18. The summed E-state index contributed by atoms with van der Waals surface area (Å²) in [6, 6.07) is 21.3. The second kappa shape index (κ2) is 9.77. The number of hydrogen-bond acceptors (Lipinski definition) is 1. The number of hydrogen-bond donors (Lipinski definition) is 0. The Morgan fingerprint density at radius 2 is 1.29 bits per heavy atom. The van der Waals surface area contributed by atoms with E-state index in [-0.39, 0.29) is 0 Å². The third-order valence-corrected chi connectivity index (χ3v) is 4.95. The van der Waals surface area contributed by atoms with Crippen molar-refractivity contribution in [2.75, 3.05) is 5.50 Å². The molecule has 21 heavy (non-hydrogen) atoms. The highest BCUT2D eigenvalue weighted by Crippen LogP contribution is 2.13. The number of alkyl halides is 1. The van der Waals surface area contributed by atoms with Crippen LogP contribution in [0.1, 0.15) is 24.0 Å². The molecule has 0 unspecified atom stereocenters. The summed E-state index contributed by atoms with van der Waals surface area (Å²) in [5.74, 6) is 0. The van der Waals surface area contributed by atoms with Crippen molar-refractivity contribution >= 4 is 21.4 Å². The van der Waals surface area contributed by atoms with Gasteiger partial charge in [0.25, 0.3) is 0 Å². The Morgan fingerprint density at radius 3 is 1.71 bits per heavy atom. The van der Waals surface area contributed by atoms with Gasteiger partial charge < -0.3 is 4.43 Å². The van der Waals surface area contributed by atoms with Crippen LogP contribution in [-0.2, 0) is 17.3 Å². The molecule has 112 valence electrons. The zero-order valence-corrected chi connectivity index (χ0v) is 14.5. The Hall–Kier alpha value is -1.09. The Kier molecular flexibility index (Phi) is 7.58. The molecule has 3 heteroatoms. The first kappa shape index (κ1) is 16.3. The lowest BCUT2D eigenvalue weighted by molar-refractivity contribution is 0.192. The van der Waals surface area contributed by atoms with Gasteiger partial charge in [-0.25, -0.2) is 0 Å². The van der Waals surface area contributed by atoms with E-state index in [1.165, 1.54) is 11.1 Å². The summed E-state index contributed by atoms with van der Waals surface area (Å²) in [6.07, 6.45) is 4.67. The lowest BCUT2D eigenvalue weighted by Crippen LogP contribution is -2.18. The van der Waals surface area contributed by atoms with Crippen molar-refractivity contribution in [1.82, 2.24) is 0 Å². The fourth-order valence-electron chi connectivity index (χ4n) is 2.47. The van der Waals surface area contributed by atoms with Gasteiger partial charge in [0.05, 0.1) is 0 Å². The van der Waals surface area contributed by atoms with Crippen LogP contribution in [0, 0.1) is 0 Å². The lowest BCUT2D eigenvalue weighted by atomic mass is 10.0. The van der Waals surface area contributed by atoms with Gasteiger partial charge in [0.15, 0.2) is 9.76 Å². The summed E-state index contributed by atoms with van der Waals surface area (Å²) >= 11 is 5.82. The maximum absolute atomic E-state index is 6.04. The van der Waals surface area contributed by atoms with Crippen molar-refractivity contribution in [2.45, 2.75) is 31.8 Å². The Morgan fingerprint density at radius 1 is 0.810 bits per heavy atom. The molecule has 0 N–H and O–H groups in total. The van der Waals surface area contributed by atoms with Crippen LogP contribution >= 0.6 is 11.6 Å². The first-order chi connectivity index (χ1) is 10.4. The Labute approximate surface area is 135 Å². The predicted octanol–water partition coefficient (Wildman–Crippen LogP) is 3.92. The van der Waals surface area contributed by atoms with Crippen LogP contribution in [0.3, 0.4) is 0 Å². The van der Waals surface area contributed by atoms with Crippen LogP contribution < -0.4 is 0 Å². The molecule has 1 nitrogen and oxygen atoms in total. The smallest absolute Gasteiger partial charge is 0.176 e. The SMILES string of the molecule is ClC[SiH2]OC(CCc1ccccc1)CCc1ccccc1. The molecular formula is C18H23ClOSi. The Balaban J connectivity index is 1.82. The summed E-state index contributed by atoms with van der Waals surface area (Å²) in [5, 5.41) is 0. The third-order valence-electron chi connectivity index (χ3n) is 3.63. The molecular weight excluding hydrogens is 296 g/mol. The maximum atomic E-state index is 6.04. The Bertz CT molecular complexity index is 446. The van der Waals surface area contributed by atoms with Crippen LogP contribution in [0.5, 0.6) is 0 Å². The zero-order chi connectivity index (χ0) is 14.8. The van der Waals surface area contributed by atoms with Crippen molar-refractivity contribution in [3.05, 3.63) is 71.8 Å². The summed E-state index contributed by atoms with van der Waals surface area (Å²) < 4.78 is 6.04. The zero-order valence-electron chi connectivity index (χ0n) is 12.4. The predicted molar refractivity (Wildman–Crippen MR) is 93.7 cm³/mol. The van der Waals surface area contributed by atoms with Crippen molar-refractivity contribution in [2.24, 2.45) is 0 Å². The second-order valence-electron chi connectivity index (χ2n) is 5.23. The molecule has 0 fully saturated rings. The number of rotatable bonds is 9. The van der Waals surface area contributed by atoms with E-state index < -0.39 is 9.76 Å². The molecule has 0 saturated carbocycles. The normalized spacial score (nSPS) is 11.5. The molecule has 2 rings (SSSR count). The van der Waals surface area contributed by atoms with Crippen molar-refractivity contribution in [3.8, 4) is 0 Å². The topological polar surface area (TPSA) is 9.23 Å². The molecule has 0 saturated heterocycles. The van der Waals surface area contributed by atoms with Crippen molar-refractivity contribution in [1.29, 1.82) is 0 Å². The molecule has 2 aromatic rings. The fraction of sp³-hybridized carbons (Fsp3) is 0.333. The van der Waals surface area contributed by atoms with Crippen LogP contribution in [0.25, 0.3) is 0 Å². The van der Waals surface area contributed by atoms with Gasteiger partial charge in [0.2, 0.25) is 0 Å². The van der Waals surface area contributed by atoms with E-state index in [4.69, 9.17) is 16.0 Å². The summed E-state index contributed by atoms with van der Waals surface area (Å²) in [7, 11) is -0.561. The largest absolute Gasteiger partial charge is 0.420 e. The van der Waals surface area contributed by atoms with E-state index in [1.807, 2.05) is 0 Å². The highest BCUT2D eigenvalue weighted by molar-refractivity contribution is 6.45. The minimum atomic E-state index is -0.561. The summed E-state index contributed by atoms with van der Waals surface area (Å²) in [6.45, 7) is 0. The molecule has 0 bridgehead atoms.